The van der Waals surface area contributed by atoms with Crippen molar-refractivity contribution in [2.45, 2.75) is 39.5 Å². The first kappa shape index (κ1) is 18.6. The molecule has 1 aromatic carbocycles. The van der Waals surface area contributed by atoms with Crippen molar-refractivity contribution in [2.75, 3.05) is 32.8 Å². The summed E-state index contributed by atoms with van der Waals surface area (Å²) in [7, 11) is 0. The molecule has 1 aliphatic heterocycles. The van der Waals surface area contributed by atoms with E-state index in [-0.39, 0.29) is 5.91 Å². The second-order valence-corrected chi connectivity index (χ2v) is 6.20. The van der Waals surface area contributed by atoms with Gasteiger partial charge in [0.1, 0.15) is 0 Å². The molecule has 1 fully saturated rings. The lowest BCUT2D eigenvalue weighted by atomic mass is 9.96. The van der Waals surface area contributed by atoms with Crippen molar-refractivity contribution in [2.24, 2.45) is 5.92 Å². The maximum atomic E-state index is 12.3. The van der Waals surface area contributed by atoms with Crippen LogP contribution in [-0.4, -0.2) is 38.8 Å². The lowest BCUT2D eigenvalue weighted by molar-refractivity contribution is 0.0950. The summed E-state index contributed by atoms with van der Waals surface area (Å²) < 4.78 is 11.3. The van der Waals surface area contributed by atoms with E-state index in [0.29, 0.717) is 42.7 Å². The summed E-state index contributed by atoms with van der Waals surface area (Å²) in [5, 5.41) is 6.42. The van der Waals surface area contributed by atoms with E-state index in [2.05, 4.69) is 17.6 Å². The molecule has 5 heteroatoms. The maximum absolute atomic E-state index is 12.3. The average molecular weight is 334 g/mol. The molecule has 0 radical (unpaired) electrons. The van der Waals surface area contributed by atoms with Crippen LogP contribution in [-0.2, 0) is 0 Å². The third-order valence-electron chi connectivity index (χ3n) is 4.20. The van der Waals surface area contributed by atoms with Crippen LogP contribution in [0.15, 0.2) is 18.2 Å². The Morgan fingerprint density at radius 3 is 2.88 bits per heavy atom. The number of carbonyl (C=O) groups is 1. The molecule has 0 spiro atoms. The number of piperidine rings is 1. The normalized spacial score (nSPS) is 17.3. The monoisotopic (exact) mass is 334 g/mol. The van der Waals surface area contributed by atoms with E-state index in [1.165, 1.54) is 12.8 Å². The van der Waals surface area contributed by atoms with Crippen LogP contribution in [0.3, 0.4) is 0 Å². The number of benzene rings is 1. The largest absolute Gasteiger partial charge is 0.490 e. The van der Waals surface area contributed by atoms with Gasteiger partial charge in [-0.05, 0) is 69.8 Å². The van der Waals surface area contributed by atoms with Crippen LogP contribution in [0.1, 0.15) is 49.9 Å². The molecule has 5 nitrogen and oxygen atoms in total. The minimum Gasteiger partial charge on any atom is -0.490 e. The van der Waals surface area contributed by atoms with Crippen molar-refractivity contribution >= 4 is 5.91 Å². The summed E-state index contributed by atoms with van der Waals surface area (Å²) in [5.74, 6) is 1.95. The van der Waals surface area contributed by atoms with Crippen LogP contribution in [0.4, 0.5) is 0 Å². The summed E-state index contributed by atoms with van der Waals surface area (Å²) >= 11 is 0. The van der Waals surface area contributed by atoms with E-state index in [9.17, 15) is 4.79 Å². The van der Waals surface area contributed by atoms with Crippen molar-refractivity contribution in [1.82, 2.24) is 10.6 Å². The van der Waals surface area contributed by atoms with Gasteiger partial charge in [0.05, 0.1) is 13.2 Å². The van der Waals surface area contributed by atoms with E-state index in [1.54, 1.807) is 12.1 Å². The molecule has 1 saturated heterocycles. The van der Waals surface area contributed by atoms with E-state index >= 15 is 0 Å². The Hall–Kier alpha value is -1.75. The van der Waals surface area contributed by atoms with Crippen LogP contribution in [0.2, 0.25) is 0 Å². The zero-order chi connectivity index (χ0) is 17.2. The van der Waals surface area contributed by atoms with Crippen molar-refractivity contribution in [3.05, 3.63) is 23.8 Å². The van der Waals surface area contributed by atoms with Gasteiger partial charge in [-0.15, -0.1) is 0 Å². The molecule has 1 aliphatic rings. The number of rotatable bonds is 9. The molecule has 2 rings (SSSR count). The third kappa shape index (κ3) is 5.71. The minimum atomic E-state index is -0.0539. The number of amides is 1. The number of hydrogen-bond donors (Lipinski definition) is 2. The second kappa shape index (κ2) is 10.2. The molecule has 134 valence electrons. The third-order valence-corrected chi connectivity index (χ3v) is 4.20. The molecule has 0 aromatic heterocycles. The summed E-state index contributed by atoms with van der Waals surface area (Å²) in [6.07, 6.45) is 4.44. The topological polar surface area (TPSA) is 59.6 Å². The minimum absolute atomic E-state index is 0.0539. The fraction of sp³-hybridized carbons (Fsp3) is 0.632. The van der Waals surface area contributed by atoms with Crippen LogP contribution < -0.4 is 20.1 Å². The molecule has 0 aliphatic carbocycles. The molecule has 1 amide bonds. The SMILES string of the molecule is CCCOc1ccc(C(=O)NCCC2CCCNC2)cc1OCC. The molecule has 1 heterocycles. The summed E-state index contributed by atoms with van der Waals surface area (Å²) in [5.41, 5.74) is 0.615. The lowest BCUT2D eigenvalue weighted by Crippen LogP contribution is -2.33. The Balaban J connectivity index is 1.89. The molecule has 24 heavy (non-hydrogen) atoms. The highest BCUT2D eigenvalue weighted by atomic mass is 16.5. The van der Waals surface area contributed by atoms with Gasteiger partial charge in [0.25, 0.3) is 5.91 Å². The van der Waals surface area contributed by atoms with Crippen molar-refractivity contribution in [1.29, 1.82) is 0 Å². The fourth-order valence-corrected chi connectivity index (χ4v) is 2.91. The molecule has 1 atom stereocenters. The van der Waals surface area contributed by atoms with Gasteiger partial charge in [-0.1, -0.05) is 6.92 Å². The van der Waals surface area contributed by atoms with Gasteiger partial charge in [0.15, 0.2) is 11.5 Å². The Morgan fingerprint density at radius 2 is 2.17 bits per heavy atom. The lowest BCUT2D eigenvalue weighted by Gasteiger charge is -2.22. The summed E-state index contributed by atoms with van der Waals surface area (Å²) in [6.45, 7) is 8.06. The maximum Gasteiger partial charge on any atom is 0.251 e. The number of carbonyl (C=O) groups excluding carboxylic acids is 1. The van der Waals surface area contributed by atoms with Gasteiger partial charge >= 0.3 is 0 Å². The van der Waals surface area contributed by atoms with Crippen LogP contribution in [0.5, 0.6) is 11.5 Å². The molecule has 2 N–H and O–H groups in total. The molecule has 0 bridgehead atoms. The van der Waals surface area contributed by atoms with E-state index in [1.807, 2.05) is 13.0 Å². The Bertz CT molecular complexity index is 513. The highest BCUT2D eigenvalue weighted by Gasteiger charge is 2.14. The Labute approximate surface area is 145 Å². The molecule has 1 aromatic rings. The first-order valence-electron chi connectivity index (χ1n) is 9.13. The summed E-state index contributed by atoms with van der Waals surface area (Å²) in [6, 6.07) is 5.39. The van der Waals surface area contributed by atoms with Crippen molar-refractivity contribution in [3.8, 4) is 11.5 Å². The van der Waals surface area contributed by atoms with E-state index < -0.39 is 0 Å². The summed E-state index contributed by atoms with van der Waals surface area (Å²) in [4.78, 5) is 12.3. The van der Waals surface area contributed by atoms with Gasteiger partial charge in [-0.25, -0.2) is 0 Å². The first-order chi connectivity index (χ1) is 11.7. The average Bonchev–Trinajstić information content (AvgIpc) is 2.61. The number of hydrogen-bond acceptors (Lipinski definition) is 4. The van der Waals surface area contributed by atoms with E-state index in [0.717, 1.165) is 25.9 Å². The predicted molar refractivity (Wildman–Crippen MR) is 95.9 cm³/mol. The fourth-order valence-electron chi connectivity index (χ4n) is 2.91. The Kier molecular flexibility index (Phi) is 7.89. The van der Waals surface area contributed by atoms with Gasteiger partial charge < -0.3 is 20.1 Å². The molecular weight excluding hydrogens is 304 g/mol. The zero-order valence-corrected chi connectivity index (χ0v) is 14.9. The van der Waals surface area contributed by atoms with Crippen molar-refractivity contribution < 1.29 is 14.3 Å². The predicted octanol–water partition coefficient (Wildman–Crippen LogP) is 2.99. The van der Waals surface area contributed by atoms with Gasteiger partial charge in [0, 0.05) is 12.1 Å². The van der Waals surface area contributed by atoms with Crippen LogP contribution >= 0.6 is 0 Å². The quantitative estimate of drug-likeness (QED) is 0.729. The highest BCUT2D eigenvalue weighted by Crippen LogP contribution is 2.28. The van der Waals surface area contributed by atoms with Crippen LogP contribution in [0.25, 0.3) is 0 Å². The molecule has 0 saturated carbocycles. The highest BCUT2D eigenvalue weighted by molar-refractivity contribution is 5.94. The van der Waals surface area contributed by atoms with Gasteiger partial charge in [-0.2, -0.15) is 0 Å². The number of ether oxygens (including phenoxy) is 2. The van der Waals surface area contributed by atoms with Crippen LogP contribution in [0, 0.1) is 5.92 Å². The second-order valence-electron chi connectivity index (χ2n) is 6.20. The van der Waals surface area contributed by atoms with E-state index in [4.69, 9.17) is 9.47 Å². The smallest absolute Gasteiger partial charge is 0.251 e. The number of nitrogens with one attached hydrogen (secondary N) is 2. The molecule has 1 unspecified atom stereocenters. The first-order valence-corrected chi connectivity index (χ1v) is 9.13. The molecular formula is C19H30N2O3. The van der Waals surface area contributed by atoms with Crippen molar-refractivity contribution in [3.63, 3.8) is 0 Å². The van der Waals surface area contributed by atoms with Gasteiger partial charge in [-0.3, -0.25) is 4.79 Å². The standard InChI is InChI=1S/C19H30N2O3/c1-3-12-24-17-8-7-16(13-18(17)23-4-2)19(22)21-11-9-15-6-5-10-20-14-15/h7-8,13,15,20H,3-6,9-12,14H2,1-2H3,(H,21,22). The van der Waals surface area contributed by atoms with Gasteiger partial charge in [0.2, 0.25) is 0 Å². The zero-order valence-electron chi connectivity index (χ0n) is 14.9. The Morgan fingerprint density at radius 1 is 1.29 bits per heavy atom.